The highest BCUT2D eigenvalue weighted by Gasteiger charge is 2.38. The molecular formula is C23H29F3N4O4. The van der Waals surface area contributed by atoms with E-state index < -0.39 is 17.3 Å². The number of aliphatic hydroxyl groups is 1. The fourth-order valence-corrected chi connectivity index (χ4v) is 4.35. The summed E-state index contributed by atoms with van der Waals surface area (Å²) in [6, 6.07) is 4.93. The first kappa shape index (κ1) is 24.5. The molecule has 2 fully saturated rings. The minimum atomic E-state index is -4.41. The molecule has 0 spiro atoms. The van der Waals surface area contributed by atoms with Crippen LogP contribution in [-0.4, -0.2) is 70.5 Å². The molecule has 1 N–H and O–H groups in total. The minimum absolute atomic E-state index is 0.104. The van der Waals surface area contributed by atoms with E-state index in [-0.39, 0.29) is 23.8 Å². The third kappa shape index (κ3) is 5.20. The summed E-state index contributed by atoms with van der Waals surface area (Å²) in [6.07, 6.45) is -3.50. The number of ether oxygens (including phenoxy) is 1. The van der Waals surface area contributed by atoms with Gasteiger partial charge < -0.3 is 24.2 Å². The van der Waals surface area contributed by atoms with Crippen LogP contribution in [0.25, 0.3) is 0 Å². The number of halogens is 3. The number of urea groups is 1. The van der Waals surface area contributed by atoms with Crippen molar-refractivity contribution >= 4 is 6.03 Å². The highest BCUT2D eigenvalue weighted by atomic mass is 19.4. The van der Waals surface area contributed by atoms with Crippen molar-refractivity contribution in [1.29, 1.82) is 0 Å². The monoisotopic (exact) mass is 482 g/mol. The summed E-state index contributed by atoms with van der Waals surface area (Å²) >= 11 is 0. The quantitative estimate of drug-likeness (QED) is 0.714. The van der Waals surface area contributed by atoms with E-state index in [9.17, 15) is 23.1 Å². The normalized spacial score (nSPS) is 23.6. The van der Waals surface area contributed by atoms with Crippen LogP contribution >= 0.6 is 0 Å². The molecule has 2 aliphatic heterocycles. The minimum Gasteiger partial charge on any atom is -0.380 e. The summed E-state index contributed by atoms with van der Waals surface area (Å²) in [5.74, 6) is -0.0244. The summed E-state index contributed by atoms with van der Waals surface area (Å²) in [4.78, 5) is 21.1. The van der Waals surface area contributed by atoms with Crippen molar-refractivity contribution in [3.8, 4) is 0 Å². The number of piperidine rings is 1. The number of rotatable bonds is 4. The zero-order chi connectivity index (χ0) is 24.5. The fraction of sp³-hybridized carbons (Fsp3) is 0.609. The Labute approximate surface area is 195 Å². The number of hydrogen-bond donors (Lipinski definition) is 1. The molecule has 186 valence electrons. The maximum Gasteiger partial charge on any atom is 0.416 e. The molecule has 0 aliphatic carbocycles. The number of aromatic nitrogens is 2. The van der Waals surface area contributed by atoms with E-state index in [1.807, 2.05) is 0 Å². The number of benzene rings is 1. The molecule has 1 aromatic carbocycles. The zero-order valence-corrected chi connectivity index (χ0v) is 19.2. The Balaban J connectivity index is 1.60. The van der Waals surface area contributed by atoms with Crippen LogP contribution < -0.4 is 0 Å². The molecule has 2 aliphatic rings. The van der Waals surface area contributed by atoms with E-state index in [1.165, 1.54) is 12.1 Å². The number of likely N-dealkylation sites (tertiary alicyclic amines) is 1. The molecule has 34 heavy (non-hydrogen) atoms. The number of alkyl halides is 3. The second-order valence-corrected chi connectivity index (χ2v) is 9.12. The van der Waals surface area contributed by atoms with Crippen LogP contribution in [0.5, 0.6) is 0 Å². The standard InChI is InChI=1S/C23H29F3N4O4/c1-3-22(2,32)20-27-19(28-34-20)17-12-16(15-4-6-18(7-5-15)23(24,25)26)13-30(14-17)21(31)29-8-10-33-11-9-29/h4-7,16-17,32H,3,8-14H2,1-2H3. The van der Waals surface area contributed by atoms with Crippen LogP contribution in [0.15, 0.2) is 28.8 Å². The average molecular weight is 483 g/mol. The Kier molecular flexibility index (Phi) is 6.86. The lowest BCUT2D eigenvalue weighted by atomic mass is 9.84. The number of carbonyl (C=O) groups is 1. The Bertz CT molecular complexity index is 987. The number of carbonyl (C=O) groups excluding carboxylic acids is 1. The van der Waals surface area contributed by atoms with Gasteiger partial charge >= 0.3 is 12.2 Å². The van der Waals surface area contributed by atoms with Crippen molar-refractivity contribution in [1.82, 2.24) is 19.9 Å². The lowest BCUT2D eigenvalue weighted by Gasteiger charge is -2.40. The third-order valence-corrected chi connectivity index (χ3v) is 6.67. The van der Waals surface area contributed by atoms with E-state index in [0.29, 0.717) is 63.6 Å². The van der Waals surface area contributed by atoms with Gasteiger partial charge in [0.25, 0.3) is 5.89 Å². The van der Waals surface area contributed by atoms with Crippen LogP contribution in [0.4, 0.5) is 18.0 Å². The number of amides is 2. The Hall–Kier alpha value is -2.66. The van der Waals surface area contributed by atoms with Crippen molar-refractivity contribution in [3.63, 3.8) is 0 Å². The molecule has 8 nitrogen and oxygen atoms in total. The molecule has 4 rings (SSSR count). The van der Waals surface area contributed by atoms with Gasteiger partial charge in [-0.2, -0.15) is 18.2 Å². The van der Waals surface area contributed by atoms with Crippen molar-refractivity contribution in [2.24, 2.45) is 0 Å². The first-order chi connectivity index (χ1) is 16.1. The van der Waals surface area contributed by atoms with E-state index in [2.05, 4.69) is 10.1 Å². The Morgan fingerprint density at radius 1 is 1.12 bits per heavy atom. The topological polar surface area (TPSA) is 91.9 Å². The van der Waals surface area contributed by atoms with Crippen molar-refractivity contribution < 1.29 is 32.3 Å². The Morgan fingerprint density at radius 3 is 2.38 bits per heavy atom. The van der Waals surface area contributed by atoms with Gasteiger partial charge in [-0.3, -0.25) is 0 Å². The largest absolute Gasteiger partial charge is 0.416 e. The molecular weight excluding hydrogens is 453 g/mol. The van der Waals surface area contributed by atoms with Crippen molar-refractivity contribution in [2.75, 3.05) is 39.4 Å². The van der Waals surface area contributed by atoms with Gasteiger partial charge in [-0.1, -0.05) is 24.2 Å². The molecule has 0 radical (unpaired) electrons. The molecule has 2 aromatic rings. The zero-order valence-electron chi connectivity index (χ0n) is 19.2. The number of hydrogen-bond acceptors (Lipinski definition) is 6. The van der Waals surface area contributed by atoms with Crippen LogP contribution in [-0.2, 0) is 16.5 Å². The first-order valence-corrected chi connectivity index (χ1v) is 11.4. The third-order valence-electron chi connectivity index (χ3n) is 6.67. The molecule has 11 heteroatoms. The summed E-state index contributed by atoms with van der Waals surface area (Å²) in [7, 11) is 0. The molecule has 2 amide bonds. The lowest BCUT2D eigenvalue weighted by molar-refractivity contribution is -0.137. The second kappa shape index (κ2) is 9.53. The maximum atomic E-state index is 13.2. The summed E-state index contributed by atoms with van der Waals surface area (Å²) < 4.78 is 49.7. The van der Waals surface area contributed by atoms with Gasteiger partial charge in [0, 0.05) is 38.0 Å². The lowest BCUT2D eigenvalue weighted by Crippen LogP contribution is -2.52. The van der Waals surface area contributed by atoms with E-state index in [0.717, 1.165) is 12.1 Å². The predicted molar refractivity (Wildman–Crippen MR) is 115 cm³/mol. The number of morpholine rings is 1. The second-order valence-electron chi connectivity index (χ2n) is 9.12. The van der Waals surface area contributed by atoms with Gasteiger partial charge in [0.15, 0.2) is 5.82 Å². The molecule has 3 atom stereocenters. The van der Waals surface area contributed by atoms with Gasteiger partial charge in [0.1, 0.15) is 5.60 Å². The summed E-state index contributed by atoms with van der Waals surface area (Å²) in [5.41, 5.74) is -1.27. The van der Waals surface area contributed by atoms with E-state index in [4.69, 9.17) is 9.26 Å². The SMILES string of the molecule is CCC(C)(O)c1nc(C2CC(c3ccc(C(F)(F)F)cc3)CN(C(=O)N3CCOCC3)C2)no1. The highest BCUT2D eigenvalue weighted by molar-refractivity contribution is 5.75. The Morgan fingerprint density at radius 2 is 1.76 bits per heavy atom. The predicted octanol–water partition coefficient (Wildman–Crippen LogP) is 3.73. The van der Waals surface area contributed by atoms with Crippen molar-refractivity contribution in [2.45, 2.75) is 50.3 Å². The molecule has 0 saturated carbocycles. The van der Waals surface area contributed by atoms with E-state index in [1.54, 1.807) is 23.6 Å². The van der Waals surface area contributed by atoms with E-state index >= 15 is 0 Å². The van der Waals surface area contributed by atoms with Gasteiger partial charge in [-0.15, -0.1) is 0 Å². The highest BCUT2D eigenvalue weighted by Crippen LogP contribution is 2.37. The van der Waals surface area contributed by atoms with Crippen LogP contribution in [0, 0.1) is 0 Å². The number of nitrogens with zero attached hydrogens (tertiary/aromatic N) is 4. The van der Waals surface area contributed by atoms with Crippen LogP contribution in [0.3, 0.4) is 0 Å². The molecule has 2 saturated heterocycles. The van der Waals surface area contributed by atoms with Crippen LogP contribution in [0.2, 0.25) is 0 Å². The van der Waals surface area contributed by atoms with Gasteiger partial charge in [-0.05, 0) is 37.5 Å². The van der Waals surface area contributed by atoms with Crippen molar-refractivity contribution in [3.05, 3.63) is 47.1 Å². The summed E-state index contributed by atoms with van der Waals surface area (Å²) in [6.45, 7) is 6.00. The van der Waals surface area contributed by atoms with Crippen LogP contribution in [0.1, 0.15) is 61.4 Å². The molecule has 0 bridgehead atoms. The van der Waals surface area contributed by atoms with Gasteiger partial charge in [0.2, 0.25) is 0 Å². The molecule has 1 aromatic heterocycles. The first-order valence-electron chi connectivity index (χ1n) is 11.4. The maximum absolute atomic E-state index is 13.2. The average Bonchev–Trinajstić information content (AvgIpc) is 3.35. The van der Waals surface area contributed by atoms with Gasteiger partial charge in [-0.25, -0.2) is 4.79 Å². The van der Waals surface area contributed by atoms with Gasteiger partial charge in [0.05, 0.1) is 18.8 Å². The summed E-state index contributed by atoms with van der Waals surface area (Å²) in [5, 5.41) is 14.5. The molecule has 3 unspecified atom stereocenters. The smallest absolute Gasteiger partial charge is 0.380 e. The fourth-order valence-electron chi connectivity index (χ4n) is 4.35. The molecule has 3 heterocycles.